The van der Waals surface area contributed by atoms with Crippen molar-refractivity contribution in [2.45, 2.75) is 13.0 Å². The number of benzene rings is 1. The second-order valence-corrected chi connectivity index (χ2v) is 3.45. The minimum Gasteiger partial charge on any atom is -0.392 e. The quantitative estimate of drug-likeness (QED) is 0.799. The van der Waals surface area contributed by atoms with Gasteiger partial charge in [-0.3, -0.25) is 4.79 Å². The van der Waals surface area contributed by atoms with Gasteiger partial charge in [-0.15, -0.1) is 0 Å². The first kappa shape index (κ1) is 11.0. The predicted octanol–water partition coefficient (Wildman–Crippen LogP) is 1.45. The van der Waals surface area contributed by atoms with Gasteiger partial charge >= 0.3 is 0 Å². The number of carbonyl (C=O) groups is 1. The van der Waals surface area contributed by atoms with E-state index in [0.29, 0.717) is 10.6 Å². The van der Waals surface area contributed by atoms with Gasteiger partial charge in [0, 0.05) is 6.54 Å². The van der Waals surface area contributed by atoms with Crippen LogP contribution in [0.25, 0.3) is 0 Å². The Balaban J connectivity index is 2.65. The van der Waals surface area contributed by atoms with Gasteiger partial charge in [0.05, 0.1) is 16.7 Å². The normalized spacial score (nSPS) is 12.2. The van der Waals surface area contributed by atoms with Crippen molar-refractivity contribution in [2.75, 3.05) is 6.54 Å². The Bertz CT molecular complexity index is 326. The molecule has 3 nitrogen and oxygen atoms in total. The second-order valence-electron chi connectivity index (χ2n) is 3.04. The Labute approximate surface area is 87.7 Å². The number of aliphatic hydroxyl groups excluding tert-OH is 1. The Morgan fingerprint density at radius 1 is 1.57 bits per heavy atom. The molecular weight excluding hydrogens is 202 g/mol. The average Bonchev–Trinajstić information content (AvgIpc) is 2.15. The zero-order valence-electron chi connectivity index (χ0n) is 7.83. The van der Waals surface area contributed by atoms with E-state index in [4.69, 9.17) is 16.7 Å². The summed E-state index contributed by atoms with van der Waals surface area (Å²) in [5.74, 6) is -0.267. The number of amides is 1. The molecule has 1 aromatic carbocycles. The van der Waals surface area contributed by atoms with Crippen LogP contribution in [0.2, 0.25) is 5.02 Å². The second kappa shape index (κ2) is 4.98. The molecule has 0 bridgehead atoms. The SMILES string of the molecule is CC(O)CNC(=O)c1ccccc1Cl. The van der Waals surface area contributed by atoms with Gasteiger partial charge in [0.1, 0.15) is 0 Å². The van der Waals surface area contributed by atoms with Crippen LogP contribution < -0.4 is 5.32 Å². The number of halogens is 1. The minimum atomic E-state index is -0.554. The van der Waals surface area contributed by atoms with Crippen LogP contribution in [0.1, 0.15) is 17.3 Å². The topological polar surface area (TPSA) is 49.3 Å². The van der Waals surface area contributed by atoms with Crippen LogP contribution in [0, 0.1) is 0 Å². The Morgan fingerprint density at radius 3 is 2.79 bits per heavy atom. The summed E-state index contributed by atoms with van der Waals surface area (Å²) >= 11 is 5.81. The molecule has 1 atom stereocenters. The van der Waals surface area contributed by atoms with E-state index in [1.807, 2.05) is 0 Å². The molecule has 1 aromatic rings. The molecule has 76 valence electrons. The summed E-state index contributed by atoms with van der Waals surface area (Å²) in [5, 5.41) is 11.9. The van der Waals surface area contributed by atoms with Crippen molar-refractivity contribution in [1.29, 1.82) is 0 Å². The third kappa shape index (κ3) is 3.01. The van der Waals surface area contributed by atoms with Crippen molar-refractivity contribution in [3.05, 3.63) is 34.9 Å². The van der Waals surface area contributed by atoms with Crippen molar-refractivity contribution in [2.24, 2.45) is 0 Å². The molecule has 0 heterocycles. The molecule has 14 heavy (non-hydrogen) atoms. The van der Waals surface area contributed by atoms with Crippen LogP contribution in [-0.4, -0.2) is 23.7 Å². The highest BCUT2D eigenvalue weighted by molar-refractivity contribution is 6.33. The van der Waals surface area contributed by atoms with Gasteiger partial charge in [0.25, 0.3) is 5.91 Å². The van der Waals surface area contributed by atoms with Gasteiger partial charge in [0.2, 0.25) is 0 Å². The standard InChI is InChI=1S/C10H12ClNO2/c1-7(13)6-12-10(14)8-4-2-3-5-9(8)11/h2-5,7,13H,6H2,1H3,(H,12,14). The van der Waals surface area contributed by atoms with E-state index < -0.39 is 6.10 Å². The lowest BCUT2D eigenvalue weighted by atomic mass is 10.2. The first-order valence-corrected chi connectivity index (χ1v) is 4.70. The van der Waals surface area contributed by atoms with Crippen LogP contribution >= 0.6 is 11.6 Å². The molecular formula is C10H12ClNO2. The molecule has 1 rings (SSSR count). The Hall–Kier alpha value is -1.06. The van der Waals surface area contributed by atoms with Gasteiger partial charge in [-0.25, -0.2) is 0 Å². The van der Waals surface area contributed by atoms with Gasteiger partial charge in [-0.2, -0.15) is 0 Å². The van der Waals surface area contributed by atoms with Crippen molar-refractivity contribution in [3.8, 4) is 0 Å². The van der Waals surface area contributed by atoms with E-state index in [9.17, 15) is 4.79 Å². The first-order valence-electron chi connectivity index (χ1n) is 4.32. The number of hydrogen-bond donors (Lipinski definition) is 2. The van der Waals surface area contributed by atoms with Gasteiger partial charge in [0.15, 0.2) is 0 Å². The molecule has 2 N–H and O–H groups in total. The number of hydrogen-bond acceptors (Lipinski definition) is 2. The maximum atomic E-state index is 11.5. The minimum absolute atomic E-state index is 0.226. The van der Waals surface area contributed by atoms with E-state index in [1.165, 1.54) is 0 Å². The first-order chi connectivity index (χ1) is 6.61. The smallest absolute Gasteiger partial charge is 0.252 e. The number of rotatable bonds is 3. The maximum absolute atomic E-state index is 11.5. The molecule has 0 aliphatic rings. The predicted molar refractivity (Wildman–Crippen MR) is 55.5 cm³/mol. The third-order valence-corrected chi connectivity index (χ3v) is 2.01. The summed E-state index contributed by atoms with van der Waals surface area (Å²) < 4.78 is 0. The highest BCUT2D eigenvalue weighted by Gasteiger charge is 2.09. The van der Waals surface area contributed by atoms with Gasteiger partial charge in [-0.05, 0) is 19.1 Å². The Kier molecular flexibility index (Phi) is 3.92. The van der Waals surface area contributed by atoms with Crippen molar-refractivity contribution >= 4 is 17.5 Å². The molecule has 0 fully saturated rings. The van der Waals surface area contributed by atoms with Crippen LogP contribution in [0.15, 0.2) is 24.3 Å². The van der Waals surface area contributed by atoms with Crippen molar-refractivity contribution < 1.29 is 9.90 Å². The molecule has 0 radical (unpaired) electrons. The molecule has 0 saturated carbocycles. The molecule has 1 unspecified atom stereocenters. The summed E-state index contributed by atoms with van der Waals surface area (Å²) in [6.45, 7) is 1.83. The van der Waals surface area contributed by atoms with Gasteiger partial charge < -0.3 is 10.4 Å². The zero-order chi connectivity index (χ0) is 10.6. The fourth-order valence-electron chi connectivity index (χ4n) is 0.981. The van der Waals surface area contributed by atoms with Crippen LogP contribution in [-0.2, 0) is 0 Å². The number of nitrogens with one attached hydrogen (secondary N) is 1. The summed E-state index contributed by atoms with van der Waals surface area (Å²) in [6, 6.07) is 6.79. The number of carbonyl (C=O) groups excluding carboxylic acids is 1. The van der Waals surface area contributed by atoms with Crippen LogP contribution in [0.3, 0.4) is 0 Å². The molecule has 0 aliphatic heterocycles. The summed E-state index contributed by atoms with van der Waals surface area (Å²) in [4.78, 5) is 11.5. The Morgan fingerprint density at radius 2 is 2.21 bits per heavy atom. The van der Waals surface area contributed by atoms with E-state index >= 15 is 0 Å². The van der Waals surface area contributed by atoms with Crippen molar-refractivity contribution in [1.82, 2.24) is 5.32 Å². The highest BCUT2D eigenvalue weighted by atomic mass is 35.5. The van der Waals surface area contributed by atoms with E-state index in [-0.39, 0.29) is 12.5 Å². The monoisotopic (exact) mass is 213 g/mol. The van der Waals surface area contributed by atoms with E-state index in [0.717, 1.165) is 0 Å². The fraction of sp³-hybridized carbons (Fsp3) is 0.300. The van der Waals surface area contributed by atoms with Crippen LogP contribution in [0.4, 0.5) is 0 Å². The molecule has 1 amide bonds. The summed E-state index contributed by atoms with van der Waals surface area (Å²) in [6.07, 6.45) is -0.554. The zero-order valence-corrected chi connectivity index (χ0v) is 8.58. The summed E-state index contributed by atoms with van der Waals surface area (Å²) in [5.41, 5.74) is 0.426. The third-order valence-electron chi connectivity index (χ3n) is 1.68. The van der Waals surface area contributed by atoms with E-state index in [1.54, 1.807) is 31.2 Å². The van der Waals surface area contributed by atoms with Crippen LogP contribution in [0.5, 0.6) is 0 Å². The maximum Gasteiger partial charge on any atom is 0.252 e. The van der Waals surface area contributed by atoms with Crippen molar-refractivity contribution in [3.63, 3.8) is 0 Å². The number of aliphatic hydroxyl groups is 1. The fourth-order valence-corrected chi connectivity index (χ4v) is 1.20. The molecule has 0 aliphatic carbocycles. The van der Waals surface area contributed by atoms with Gasteiger partial charge in [-0.1, -0.05) is 23.7 Å². The summed E-state index contributed by atoms with van der Waals surface area (Å²) in [7, 11) is 0. The molecule has 4 heteroatoms. The average molecular weight is 214 g/mol. The highest BCUT2D eigenvalue weighted by Crippen LogP contribution is 2.14. The molecule has 0 spiro atoms. The lowest BCUT2D eigenvalue weighted by Gasteiger charge is -2.07. The largest absolute Gasteiger partial charge is 0.392 e. The van der Waals surface area contributed by atoms with E-state index in [2.05, 4.69) is 5.32 Å². The lowest BCUT2D eigenvalue weighted by Crippen LogP contribution is -2.30. The lowest BCUT2D eigenvalue weighted by molar-refractivity contribution is 0.0924. The molecule has 0 saturated heterocycles. The molecule has 0 aromatic heterocycles.